The average molecular weight is 306 g/mol. The number of nitrogens with zero attached hydrogens (tertiary/aromatic N) is 2. The van der Waals surface area contributed by atoms with E-state index in [1.165, 1.54) is 12.1 Å². The van der Waals surface area contributed by atoms with E-state index in [1.807, 2.05) is 32.0 Å². The van der Waals surface area contributed by atoms with E-state index in [9.17, 15) is 9.18 Å². The molecule has 1 aromatic heterocycles. The summed E-state index contributed by atoms with van der Waals surface area (Å²) in [7, 11) is 5.68. The number of carbonyl (C=O) groups is 1. The largest absolute Gasteiger partial charge is 0.357 e. The fraction of sp³-hybridized carbons (Fsp3) is 0.438. The topological polar surface area (TPSA) is 51.4 Å². The number of aromatic amines is 1. The van der Waals surface area contributed by atoms with Gasteiger partial charge in [-0.15, -0.1) is 0 Å². The second-order valence-corrected chi connectivity index (χ2v) is 5.99. The zero-order chi connectivity index (χ0) is 16.3. The number of nitrogens with one attached hydrogen (secondary N) is 2. The van der Waals surface area contributed by atoms with E-state index in [1.54, 1.807) is 18.0 Å². The van der Waals surface area contributed by atoms with E-state index in [0.29, 0.717) is 6.54 Å². The Morgan fingerprint density at radius 2 is 2.05 bits per heavy atom. The Hall–Kier alpha value is -2.08. The molecule has 0 radical (unpaired) electrons. The molecule has 6 heteroatoms. The van der Waals surface area contributed by atoms with Gasteiger partial charge in [-0.05, 0) is 45.3 Å². The van der Waals surface area contributed by atoms with Crippen LogP contribution >= 0.6 is 0 Å². The van der Waals surface area contributed by atoms with E-state index < -0.39 is 0 Å². The van der Waals surface area contributed by atoms with Crippen LogP contribution in [0.4, 0.5) is 9.18 Å². The maximum absolute atomic E-state index is 13.2. The zero-order valence-corrected chi connectivity index (χ0v) is 13.5. The molecule has 0 saturated carbocycles. The maximum Gasteiger partial charge on any atom is 0.317 e. The van der Waals surface area contributed by atoms with Gasteiger partial charge < -0.3 is 20.1 Å². The van der Waals surface area contributed by atoms with Crippen molar-refractivity contribution in [2.45, 2.75) is 19.5 Å². The summed E-state index contributed by atoms with van der Waals surface area (Å²) in [5, 5.41) is 3.76. The summed E-state index contributed by atoms with van der Waals surface area (Å²) in [5.41, 5.74) is 1.74. The second-order valence-electron chi connectivity index (χ2n) is 5.99. The Bertz CT molecular complexity index is 653. The molecular weight excluding hydrogens is 283 g/mol. The van der Waals surface area contributed by atoms with Gasteiger partial charge in [0.1, 0.15) is 5.82 Å². The molecule has 2 N–H and O–H groups in total. The van der Waals surface area contributed by atoms with Gasteiger partial charge >= 0.3 is 6.03 Å². The Morgan fingerprint density at radius 1 is 1.32 bits per heavy atom. The van der Waals surface area contributed by atoms with Gasteiger partial charge in [-0.2, -0.15) is 0 Å². The van der Waals surface area contributed by atoms with Crippen molar-refractivity contribution in [1.82, 2.24) is 20.1 Å². The first-order valence-electron chi connectivity index (χ1n) is 7.28. The molecule has 0 fully saturated rings. The molecule has 1 atom stereocenters. The number of amides is 2. The van der Waals surface area contributed by atoms with Crippen LogP contribution in [0.3, 0.4) is 0 Å². The van der Waals surface area contributed by atoms with Crippen molar-refractivity contribution >= 4 is 16.9 Å². The van der Waals surface area contributed by atoms with Crippen molar-refractivity contribution in [2.24, 2.45) is 0 Å². The first-order chi connectivity index (χ1) is 10.3. The Balaban J connectivity index is 1.97. The van der Waals surface area contributed by atoms with Gasteiger partial charge in [0.2, 0.25) is 0 Å². The smallest absolute Gasteiger partial charge is 0.317 e. The number of urea groups is 1. The summed E-state index contributed by atoms with van der Waals surface area (Å²) in [4.78, 5) is 19.0. The normalized spacial score (nSPS) is 12.6. The highest BCUT2D eigenvalue weighted by Gasteiger charge is 2.13. The summed E-state index contributed by atoms with van der Waals surface area (Å²) in [6.45, 7) is 3.19. The van der Waals surface area contributed by atoms with Crippen molar-refractivity contribution in [3.8, 4) is 0 Å². The quantitative estimate of drug-likeness (QED) is 0.891. The highest BCUT2D eigenvalue weighted by molar-refractivity contribution is 5.80. The van der Waals surface area contributed by atoms with E-state index >= 15 is 0 Å². The molecule has 2 rings (SSSR count). The van der Waals surface area contributed by atoms with Gasteiger partial charge in [-0.1, -0.05) is 0 Å². The monoisotopic (exact) mass is 306 g/mol. The number of carbonyl (C=O) groups excluding carboxylic acids is 1. The fourth-order valence-electron chi connectivity index (χ4n) is 2.49. The van der Waals surface area contributed by atoms with Crippen molar-refractivity contribution in [2.75, 3.05) is 27.7 Å². The molecule has 120 valence electrons. The summed E-state index contributed by atoms with van der Waals surface area (Å²) in [5.74, 6) is -0.262. The number of hydrogen-bond donors (Lipinski definition) is 2. The van der Waals surface area contributed by atoms with E-state index in [0.717, 1.165) is 23.1 Å². The second kappa shape index (κ2) is 6.79. The van der Waals surface area contributed by atoms with Gasteiger partial charge in [0, 0.05) is 36.2 Å². The van der Waals surface area contributed by atoms with E-state index in [2.05, 4.69) is 10.3 Å². The van der Waals surface area contributed by atoms with E-state index in [-0.39, 0.29) is 17.9 Å². The van der Waals surface area contributed by atoms with Crippen LogP contribution < -0.4 is 5.32 Å². The third-order valence-electron chi connectivity index (χ3n) is 3.40. The van der Waals surface area contributed by atoms with E-state index in [4.69, 9.17) is 0 Å². The van der Waals surface area contributed by atoms with Crippen molar-refractivity contribution in [3.05, 3.63) is 35.8 Å². The minimum Gasteiger partial charge on any atom is -0.357 e. The summed E-state index contributed by atoms with van der Waals surface area (Å²) in [6.07, 6.45) is 0. The number of benzene rings is 1. The number of halogens is 1. The molecule has 2 aromatic rings. The highest BCUT2D eigenvalue weighted by atomic mass is 19.1. The zero-order valence-electron chi connectivity index (χ0n) is 13.5. The minimum atomic E-state index is -0.262. The molecule has 0 spiro atoms. The molecule has 0 unspecified atom stereocenters. The van der Waals surface area contributed by atoms with Gasteiger partial charge in [0.25, 0.3) is 0 Å². The Labute approximate surface area is 130 Å². The summed E-state index contributed by atoms with van der Waals surface area (Å²) >= 11 is 0. The van der Waals surface area contributed by atoms with Crippen LogP contribution in [0, 0.1) is 5.82 Å². The van der Waals surface area contributed by atoms with Crippen LogP contribution in [0.25, 0.3) is 10.9 Å². The fourth-order valence-corrected chi connectivity index (χ4v) is 2.49. The third-order valence-corrected chi connectivity index (χ3v) is 3.40. The predicted molar refractivity (Wildman–Crippen MR) is 86.3 cm³/mol. The first kappa shape index (κ1) is 16.3. The number of likely N-dealkylation sites (N-methyl/N-ethyl adjacent to an activating group) is 1. The summed E-state index contributed by atoms with van der Waals surface area (Å²) < 4.78 is 13.2. The molecule has 2 amide bonds. The van der Waals surface area contributed by atoms with Crippen LogP contribution in [0.2, 0.25) is 0 Å². The van der Waals surface area contributed by atoms with Crippen LogP contribution in [0.15, 0.2) is 24.3 Å². The lowest BCUT2D eigenvalue weighted by atomic mass is 10.2. The van der Waals surface area contributed by atoms with Gasteiger partial charge in [0.05, 0.1) is 6.54 Å². The Kier molecular flexibility index (Phi) is 5.03. The molecule has 5 nitrogen and oxygen atoms in total. The molecule has 0 bridgehead atoms. The predicted octanol–water partition coefficient (Wildman–Crippen LogP) is 2.40. The molecule has 0 saturated heterocycles. The van der Waals surface area contributed by atoms with Gasteiger partial charge in [-0.3, -0.25) is 0 Å². The number of rotatable bonds is 5. The third kappa shape index (κ3) is 4.21. The lowest BCUT2D eigenvalue weighted by Crippen LogP contribution is -2.45. The number of H-pyrrole nitrogens is 1. The molecule has 0 aliphatic heterocycles. The lowest BCUT2D eigenvalue weighted by Gasteiger charge is -2.23. The highest BCUT2D eigenvalue weighted by Crippen LogP contribution is 2.17. The standard InChI is InChI=1S/C16H23FN4O/c1-11(9-20(2)3)18-16(22)21(4)10-14-8-12-7-13(17)5-6-15(12)19-14/h5-8,11,19H,9-10H2,1-4H3,(H,18,22)/t11-/m0/s1. The maximum atomic E-state index is 13.2. The number of fused-ring (bicyclic) bond motifs is 1. The van der Waals surface area contributed by atoms with Crippen LogP contribution in [-0.4, -0.2) is 54.5 Å². The molecule has 1 aromatic carbocycles. The number of hydrogen-bond acceptors (Lipinski definition) is 2. The first-order valence-corrected chi connectivity index (χ1v) is 7.28. The molecule has 0 aliphatic carbocycles. The average Bonchev–Trinajstić information content (AvgIpc) is 2.78. The molecule has 1 heterocycles. The number of aromatic nitrogens is 1. The van der Waals surface area contributed by atoms with Crippen molar-refractivity contribution in [1.29, 1.82) is 0 Å². The van der Waals surface area contributed by atoms with Crippen molar-refractivity contribution < 1.29 is 9.18 Å². The molecular formula is C16H23FN4O. The van der Waals surface area contributed by atoms with Crippen LogP contribution in [-0.2, 0) is 6.54 Å². The molecule has 0 aliphatic rings. The van der Waals surface area contributed by atoms with Crippen LogP contribution in [0.1, 0.15) is 12.6 Å². The lowest BCUT2D eigenvalue weighted by molar-refractivity contribution is 0.200. The SMILES string of the molecule is C[C@@H](CN(C)C)NC(=O)N(C)Cc1cc2cc(F)ccc2[nH]1. The van der Waals surface area contributed by atoms with Gasteiger partial charge in [-0.25, -0.2) is 9.18 Å². The molecule has 22 heavy (non-hydrogen) atoms. The Morgan fingerprint density at radius 3 is 2.73 bits per heavy atom. The van der Waals surface area contributed by atoms with Gasteiger partial charge in [0.15, 0.2) is 0 Å². The van der Waals surface area contributed by atoms with Crippen molar-refractivity contribution in [3.63, 3.8) is 0 Å². The minimum absolute atomic E-state index is 0.0711. The van der Waals surface area contributed by atoms with Crippen LogP contribution in [0.5, 0.6) is 0 Å². The summed E-state index contributed by atoms with van der Waals surface area (Å²) in [6, 6.07) is 6.41.